The van der Waals surface area contributed by atoms with E-state index in [1.807, 2.05) is 12.1 Å². The number of nitrogens with one attached hydrogen (secondary N) is 1. The predicted octanol–water partition coefficient (Wildman–Crippen LogP) is 5.24. The van der Waals surface area contributed by atoms with E-state index in [2.05, 4.69) is 62.5 Å². The first-order valence-electron chi connectivity index (χ1n) is 7.67. The molecule has 0 saturated carbocycles. The molecule has 2 aromatic rings. The average Bonchev–Trinajstić information content (AvgIpc) is 2.46. The van der Waals surface area contributed by atoms with Gasteiger partial charge in [0.25, 0.3) is 0 Å². The Kier molecular flexibility index (Phi) is 5.84. The SMILES string of the molecule is CCNC(c1ccc(Cl)cc1)c1ccc(CC(C)C)cc1. The summed E-state index contributed by atoms with van der Waals surface area (Å²) < 4.78 is 0. The van der Waals surface area contributed by atoms with E-state index in [0.717, 1.165) is 18.0 Å². The van der Waals surface area contributed by atoms with E-state index < -0.39 is 0 Å². The standard InChI is InChI=1S/C19H24ClN/c1-4-21-19(17-9-11-18(20)12-10-17)16-7-5-15(6-8-16)13-14(2)3/h5-12,14,19,21H,4,13H2,1-3H3. The molecule has 112 valence electrons. The normalized spacial score (nSPS) is 12.6. The lowest BCUT2D eigenvalue weighted by Gasteiger charge is -2.19. The van der Waals surface area contributed by atoms with E-state index >= 15 is 0 Å². The Bertz CT molecular complexity index is 543. The van der Waals surface area contributed by atoms with Crippen LogP contribution in [-0.4, -0.2) is 6.54 Å². The van der Waals surface area contributed by atoms with Gasteiger partial charge in [0.2, 0.25) is 0 Å². The van der Waals surface area contributed by atoms with Crippen LogP contribution in [0.1, 0.15) is 43.5 Å². The fourth-order valence-electron chi connectivity index (χ4n) is 2.61. The third-order valence-corrected chi connectivity index (χ3v) is 3.82. The minimum Gasteiger partial charge on any atom is -0.307 e. The third-order valence-electron chi connectivity index (χ3n) is 3.57. The lowest BCUT2D eigenvalue weighted by molar-refractivity contribution is 0.627. The van der Waals surface area contributed by atoms with Crippen molar-refractivity contribution in [3.05, 3.63) is 70.2 Å². The van der Waals surface area contributed by atoms with Crippen molar-refractivity contribution in [1.82, 2.24) is 5.32 Å². The first-order chi connectivity index (χ1) is 10.1. The molecule has 0 spiro atoms. The molecule has 2 heteroatoms. The number of halogens is 1. The number of hydrogen-bond acceptors (Lipinski definition) is 1. The summed E-state index contributed by atoms with van der Waals surface area (Å²) in [5, 5.41) is 4.33. The maximum atomic E-state index is 5.99. The van der Waals surface area contributed by atoms with Gasteiger partial charge in [-0.1, -0.05) is 68.8 Å². The summed E-state index contributed by atoms with van der Waals surface area (Å²) in [5.74, 6) is 0.691. The maximum absolute atomic E-state index is 5.99. The van der Waals surface area contributed by atoms with Gasteiger partial charge in [-0.25, -0.2) is 0 Å². The van der Waals surface area contributed by atoms with Gasteiger partial charge in [-0.2, -0.15) is 0 Å². The second-order valence-electron chi connectivity index (χ2n) is 5.88. The predicted molar refractivity (Wildman–Crippen MR) is 92.0 cm³/mol. The zero-order valence-electron chi connectivity index (χ0n) is 13.1. The van der Waals surface area contributed by atoms with Crippen molar-refractivity contribution in [2.24, 2.45) is 5.92 Å². The van der Waals surface area contributed by atoms with Crippen molar-refractivity contribution in [1.29, 1.82) is 0 Å². The highest BCUT2D eigenvalue weighted by molar-refractivity contribution is 6.30. The van der Waals surface area contributed by atoms with Crippen molar-refractivity contribution in [3.8, 4) is 0 Å². The van der Waals surface area contributed by atoms with Crippen LogP contribution in [0.25, 0.3) is 0 Å². The molecular formula is C19H24ClN. The maximum Gasteiger partial charge on any atom is 0.0576 e. The van der Waals surface area contributed by atoms with E-state index in [-0.39, 0.29) is 6.04 Å². The Morgan fingerprint density at radius 2 is 1.43 bits per heavy atom. The van der Waals surface area contributed by atoms with Crippen molar-refractivity contribution in [2.75, 3.05) is 6.54 Å². The highest BCUT2D eigenvalue weighted by Gasteiger charge is 2.12. The van der Waals surface area contributed by atoms with Crippen LogP contribution in [0.4, 0.5) is 0 Å². The fraction of sp³-hybridized carbons (Fsp3) is 0.368. The first-order valence-corrected chi connectivity index (χ1v) is 8.05. The molecule has 1 unspecified atom stereocenters. The molecule has 0 aliphatic carbocycles. The second-order valence-corrected chi connectivity index (χ2v) is 6.32. The molecule has 0 amide bonds. The zero-order valence-corrected chi connectivity index (χ0v) is 13.8. The van der Waals surface area contributed by atoms with Gasteiger partial charge in [-0.15, -0.1) is 0 Å². The lowest BCUT2D eigenvalue weighted by atomic mass is 9.95. The van der Waals surface area contributed by atoms with Crippen LogP contribution >= 0.6 is 11.6 Å². The Morgan fingerprint density at radius 1 is 0.905 bits per heavy atom. The molecule has 0 aliphatic rings. The summed E-state index contributed by atoms with van der Waals surface area (Å²) in [6, 6.07) is 17.3. The summed E-state index contributed by atoms with van der Waals surface area (Å²) in [4.78, 5) is 0. The Hall–Kier alpha value is -1.31. The summed E-state index contributed by atoms with van der Waals surface area (Å²) in [7, 11) is 0. The van der Waals surface area contributed by atoms with Crippen LogP contribution < -0.4 is 5.32 Å². The lowest BCUT2D eigenvalue weighted by Crippen LogP contribution is -2.21. The van der Waals surface area contributed by atoms with Gasteiger partial charge in [0.1, 0.15) is 0 Å². The van der Waals surface area contributed by atoms with Gasteiger partial charge in [0.05, 0.1) is 6.04 Å². The molecular weight excluding hydrogens is 278 g/mol. The van der Waals surface area contributed by atoms with Crippen LogP contribution in [0.3, 0.4) is 0 Å². The quantitative estimate of drug-likeness (QED) is 0.769. The highest BCUT2D eigenvalue weighted by atomic mass is 35.5. The monoisotopic (exact) mass is 301 g/mol. The van der Waals surface area contributed by atoms with Gasteiger partial charge >= 0.3 is 0 Å². The molecule has 21 heavy (non-hydrogen) atoms. The summed E-state index contributed by atoms with van der Waals surface area (Å²) in [6.45, 7) is 7.57. The molecule has 2 rings (SSSR count). The fourth-order valence-corrected chi connectivity index (χ4v) is 2.73. The second kappa shape index (κ2) is 7.63. The smallest absolute Gasteiger partial charge is 0.0576 e. The molecule has 1 atom stereocenters. The van der Waals surface area contributed by atoms with E-state index in [1.165, 1.54) is 16.7 Å². The van der Waals surface area contributed by atoms with Gasteiger partial charge < -0.3 is 5.32 Å². The van der Waals surface area contributed by atoms with Crippen LogP contribution in [0.15, 0.2) is 48.5 Å². The van der Waals surface area contributed by atoms with Crippen molar-refractivity contribution in [2.45, 2.75) is 33.2 Å². The van der Waals surface area contributed by atoms with Crippen LogP contribution in [0, 0.1) is 5.92 Å². The van der Waals surface area contributed by atoms with Gasteiger partial charge in [-0.3, -0.25) is 0 Å². The molecule has 0 radical (unpaired) electrons. The van der Waals surface area contributed by atoms with E-state index in [9.17, 15) is 0 Å². The minimum atomic E-state index is 0.223. The number of rotatable bonds is 6. The van der Waals surface area contributed by atoms with Crippen molar-refractivity contribution >= 4 is 11.6 Å². The Labute approximate surface area is 133 Å². The highest BCUT2D eigenvalue weighted by Crippen LogP contribution is 2.24. The molecule has 1 N–H and O–H groups in total. The van der Waals surface area contributed by atoms with Crippen LogP contribution in [-0.2, 0) is 6.42 Å². The number of hydrogen-bond donors (Lipinski definition) is 1. The summed E-state index contributed by atoms with van der Waals surface area (Å²) in [5.41, 5.74) is 3.95. The third kappa shape index (κ3) is 4.59. The number of benzene rings is 2. The first kappa shape index (κ1) is 16.1. The minimum absolute atomic E-state index is 0.223. The topological polar surface area (TPSA) is 12.0 Å². The summed E-state index contributed by atoms with van der Waals surface area (Å²) >= 11 is 5.99. The van der Waals surface area contributed by atoms with E-state index in [1.54, 1.807) is 0 Å². The molecule has 0 saturated heterocycles. The Morgan fingerprint density at radius 3 is 1.90 bits per heavy atom. The van der Waals surface area contributed by atoms with Crippen molar-refractivity contribution in [3.63, 3.8) is 0 Å². The molecule has 0 bridgehead atoms. The Balaban J connectivity index is 2.23. The van der Waals surface area contributed by atoms with Crippen molar-refractivity contribution < 1.29 is 0 Å². The van der Waals surface area contributed by atoms with Gasteiger partial charge in [-0.05, 0) is 47.7 Å². The summed E-state index contributed by atoms with van der Waals surface area (Å²) in [6.07, 6.45) is 1.13. The van der Waals surface area contributed by atoms with E-state index in [4.69, 9.17) is 11.6 Å². The molecule has 0 fully saturated rings. The van der Waals surface area contributed by atoms with Crippen LogP contribution in [0.5, 0.6) is 0 Å². The largest absolute Gasteiger partial charge is 0.307 e. The molecule has 2 aromatic carbocycles. The van der Waals surface area contributed by atoms with E-state index in [0.29, 0.717) is 5.92 Å². The van der Waals surface area contributed by atoms with Crippen LogP contribution in [0.2, 0.25) is 5.02 Å². The van der Waals surface area contributed by atoms with Gasteiger partial charge in [0, 0.05) is 5.02 Å². The molecule has 0 aliphatic heterocycles. The average molecular weight is 302 g/mol. The van der Waals surface area contributed by atoms with Gasteiger partial charge in [0.15, 0.2) is 0 Å². The molecule has 0 heterocycles. The molecule has 1 nitrogen and oxygen atoms in total. The molecule has 0 aromatic heterocycles. The zero-order chi connectivity index (χ0) is 15.2.